The van der Waals surface area contributed by atoms with Crippen molar-refractivity contribution in [2.45, 2.75) is 13.8 Å². The highest BCUT2D eigenvalue weighted by atomic mass is 32.1. The second kappa shape index (κ2) is 4.03. The van der Waals surface area contributed by atoms with Crippen molar-refractivity contribution >= 4 is 11.3 Å². The molecule has 0 aliphatic heterocycles. The summed E-state index contributed by atoms with van der Waals surface area (Å²) >= 11 is 1.66. The molecular formula is C12H13NOS. The molecule has 0 radical (unpaired) electrons. The summed E-state index contributed by atoms with van der Waals surface area (Å²) in [5.41, 5.74) is 5.20. The summed E-state index contributed by atoms with van der Waals surface area (Å²) in [7, 11) is 1.69. The van der Waals surface area contributed by atoms with E-state index in [9.17, 15) is 0 Å². The van der Waals surface area contributed by atoms with Gasteiger partial charge in [0.2, 0.25) is 0 Å². The Morgan fingerprint density at radius 3 is 2.67 bits per heavy atom. The van der Waals surface area contributed by atoms with E-state index in [0.717, 1.165) is 17.0 Å². The molecule has 3 heteroatoms. The molecule has 2 aromatic rings. The number of aryl methyl sites for hydroxylation is 2. The standard InChI is InChI=1S/C12H13NOS/c1-8-4-5-11(14-3)10(6-8)12-9(2)15-7-13-12/h4-7H,1-3H3. The van der Waals surface area contributed by atoms with Gasteiger partial charge in [0.25, 0.3) is 0 Å². The number of aromatic nitrogens is 1. The maximum absolute atomic E-state index is 5.34. The first kappa shape index (κ1) is 10.2. The Labute approximate surface area is 93.6 Å². The second-order valence-corrected chi connectivity index (χ2v) is 4.52. The minimum atomic E-state index is 0.884. The average Bonchev–Trinajstić information content (AvgIpc) is 2.64. The van der Waals surface area contributed by atoms with Crippen molar-refractivity contribution in [2.75, 3.05) is 7.11 Å². The molecule has 0 N–H and O–H groups in total. The number of thiazole rings is 1. The van der Waals surface area contributed by atoms with E-state index in [4.69, 9.17) is 4.74 Å². The van der Waals surface area contributed by atoms with E-state index < -0.39 is 0 Å². The fourth-order valence-electron chi connectivity index (χ4n) is 1.57. The smallest absolute Gasteiger partial charge is 0.128 e. The molecule has 0 aliphatic carbocycles. The molecule has 1 aromatic heterocycles. The van der Waals surface area contributed by atoms with Crippen LogP contribution in [0.15, 0.2) is 23.7 Å². The third-order valence-electron chi connectivity index (χ3n) is 2.35. The number of hydrogen-bond acceptors (Lipinski definition) is 3. The minimum absolute atomic E-state index is 0.884. The van der Waals surface area contributed by atoms with Gasteiger partial charge in [0.1, 0.15) is 5.75 Å². The lowest BCUT2D eigenvalue weighted by molar-refractivity contribution is 0.416. The van der Waals surface area contributed by atoms with Crippen LogP contribution in [0.25, 0.3) is 11.3 Å². The third-order valence-corrected chi connectivity index (χ3v) is 3.11. The predicted molar refractivity (Wildman–Crippen MR) is 63.6 cm³/mol. The first-order chi connectivity index (χ1) is 7.22. The van der Waals surface area contributed by atoms with Gasteiger partial charge in [-0.15, -0.1) is 11.3 Å². The highest BCUT2D eigenvalue weighted by molar-refractivity contribution is 7.10. The van der Waals surface area contributed by atoms with E-state index in [2.05, 4.69) is 24.9 Å². The molecule has 2 rings (SSSR count). The van der Waals surface area contributed by atoms with Crippen molar-refractivity contribution < 1.29 is 4.74 Å². The van der Waals surface area contributed by atoms with Crippen LogP contribution in [0, 0.1) is 13.8 Å². The molecule has 0 bridgehead atoms. The van der Waals surface area contributed by atoms with Crippen molar-refractivity contribution in [1.29, 1.82) is 0 Å². The predicted octanol–water partition coefficient (Wildman–Crippen LogP) is 3.44. The molecular weight excluding hydrogens is 206 g/mol. The van der Waals surface area contributed by atoms with E-state index in [1.54, 1.807) is 18.4 Å². The number of methoxy groups -OCH3 is 1. The highest BCUT2D eigenvalue weighted by Gasteiger charge is 2.10. The van der Waals surface area contributed by atoms with Crippen LogP contribution in [0.5, 0.6) is 5.75 Å². The quantitative estimate of drug-likeness (QED) is 0.772. The lowest BCUT2D eigenvalue weighted by atomic mass is 10.1. The largest absolute Gasteiger partial charge is 0.496 e. The molecule has 0 atom stereocenters. The van der Waals surface area contributed by atoms with E-state index in [0.29, 0.717) is 0 Å². The number of nitrogens with zero attached hydrogens (tertiary/aromatic N) is 1. The Bertz CT molecular complexity index is 476. The van der Waals surface area contributed by atoms with Crippen LogP contribution >= 0.6 is 11.3 Å². The first-order valence-electron chi connectivity index (χ1n) is 4.77. The second-order valence-electron chi connectivity index (χ2n) is 3.46. The van der Waals surface area contributed by atoms with Gasteiger partial charge in [0, 0.05) is 10.4 Å². The van der Waals surface area contributed by atoms with E-state index in [1.807, 2.05) is 17.6 Å². The Balaban J connectivity index is 2.60. The average molecular weight is 219 g/mol. The van der Waals surface area contributed by atoms with Gasteiger partial charge in [-0.2, -0.15) is 0 Å². The van der Waals surface area contributed by atoms with Gasteiger partial charge in [-0.05, 0) is 26.0 Å². The molecule has 0 fully saturated rings. The molecule has 1 heterocycles. The minimum Gasteiger partial charge on any atom is -0.496 e. The Morgan fingerprint density at radius 1 is 1.27 bits per heavy atom. The molecule has 0 aliphatic rings. The zero-order valence-corrected chi connectivity index (χ0v) is 9.89. The van der Waals surface area contributed by atoms with Crippen LogP contribution in [0.3, 0.4) is 0 Å². The molecule has 0 spiro atoms. The van der Waals surface area contributed by atoms with Crippen LogP contribution in [-0.4, -0.2) is 12.1 Å². The normalized spacial score (nSPS) is 10.3. The lowest BCUT2D eigenvalue weighted by Gasteiger charge is -2.08. The number of benzene rings is 1. The summed E-state index contributed by atoms with van der Waals surface area (Å²) in [6.45, 7) is 4.15. The number of hydrogen-bond donors (Lipinski definition) is 0. The van der Waals surface area contributed by atoms with Gasteiger partial charge >= 0.3 is 0 Å². The van der Waals surface area contributed by atoms with Gasteiger partial charge < -0.3 is 4.74 Å². The van der Waals surface area contributed by atoms with Crippen LogP contribution < -0.4 is 4.74 Å². The monoisotopic (exact) mass is 219 g/mol. The maximum Gasteiger partial charge on any atom is 0.128 e. The third kappa shape index (κ3) is 1.88. The lowest BCUT2D eigenvalue weighted by Crippen LogP contribution is -1.90. The van der Waals surface area contributed by atoms with Crippen molar-refractivity contribution in [2.24, 2.45) is 0 Å². The van der Waals surface area contributed by atoms with Crippen LogP contribution in [0.2, 0.25) is 0 Å². The molecule has 2 nitrogen and oxygen atoms in total. The molecule has 0 saturated carbocycles. The molecule has 0 unspecified atom stereocenters. The summed E-state index contributed by atoms with van der Waals surface area (Å²) in [6, 6.07) is 6.15. The maximum atomic E-state index is 5.34. The Hall–Kier alpha value is -1.35. The van der Waals surface area contributed by atoms with E-state index >= 15 is 0 Å². The fourth-order valence-corrected chi connectivity index (χ4v) is 2.16. The molecule has 0 saturated heterocycles. The van der Waals surface area contributed by atoms with Crippen LogP contribution in [0.4, 0.5) is 0 Å². The highest BCUT2D eigenvalue weighted by Crippen LogP contribution is 2.33. The van der Waals surface area contributed by atoms with Crippen LogP contribution in [-0.2, 0) is 0 Å². The first-order valence-corrected chi connectivity index (χ1v) is 5.65. The topological polar surface area (TPSA) is 22.1 Å². The van der Waals surface area contributed by atoms with Crippen molar-refractivity contribution in [3.8, 4) is 17.0 Å². The van der Waals surface area contributed by atoms with Crippen molar-refractivity contribution in [1.82, 2.24) is 4.98 Å². The number of rotatable bonds is 2. The van der Waals surface area contributed by atoms with Gasteiger partial charge in [-0.1, -0.05) is 11.6 Å². The van der Waals surface area contributed by atoms with Gasteiger partial charge in [-0.25, -0.2) is 4.98 Å². The summed E-state index contributed by atoms with van der Waals surface area (Å²) in [6.07, 6.45) is 0. The van der Waals surface area contributed by atoms with Crippen molar-refractivity contribution in [3.63, 3.8) is 0 Å². The molecule has 0 amide bonds. The van der Waals surface area contributed by atoms with Gasteiger partial charge in [0.15, 0.2) is 0 Å². The number of ether oxygens (including phenoxy) is 1. The van der Waals surface area contributed by atoms with Gasteiger partial charge in [-0.3, -0.25) is 0 Å². The zero-order valence-electron chi connectivity index (χ0n) is 9.07. The SMILES string of the molecule is COc1ccc(C)cc1-c1ncsc1C. The zero-order chi connectivity index (χ0) is 10.8. The summed E-state index contributed by atoms with van der Waals surface area (Å²) in [5, 5.41) is 0. The molecule has 1 aromatic carbocycles. The fraction of sp³-hybridized carbons (Fsp3) is 0.250. The van der Waals surface area contributed by atoms with E-state index in [-0.39, 0.29) is 0 Å². The Kier molecular flexibility index (Phi) is 2.73. The van der Waals surface area contributed by atoms with E-state index in [1.165, 1.54) is 10.4 Å². The summed E-state index contributed by atoms with van der Waals surface area (Å²) in [4.78, 5) is 5.60. The van der Waals surface area contributed by atoms with Gasteiger partial charge in [0.05, 0.1) is 18.3 Å². The summed E-state index contributed by atoms with van der Waals surface area (Å²) < 4.78 is 5.34. The summed E-state index contributed by atoms with van der Waals surface area (Å²) in [5.74, 6) is 0.884. The van der Waals surface area contributed by atoms with Crippen LogP contribution in [0.1, 0.15) is 10.4 Å². The molecule has 15 heavy (non-hydrogen) atoms. The molecule has 78 valence electrons. The van der Waals surface area contributed by atoms with Crippen molar-refractivity contribution in [3.05, 3.63) is 34.2 Å². The Morgan fingerprint density at radius 2 is 2.07 bits per heavy atom.